The van der Waals surface area contributed by atoms with E-state index in [0.717, 1.165) is 5.56 Å². The van der Waals surface area contributed by atoms with Crippen LogP contribution in [0, 0.1) is 0 Å². The molecule has 0 aliphatic heterocycles. The van der Waals surface area contributed by atoms with Crippen LogP contribution in [0.3, 0.4) is 0 Å². The monoisotopic (exact) mass is 502 g/mol. The number of anilines is 1. The van der Waals surface area contributed by atoms with Crippen molar-refractivity contribution < 1.29 is 17.9 Å². The van der Waals surface area contributed by atoms with Gasteiger partial charge in [0.15, 0.2) is 0 Å². The first-order valence-electron chi connectivity index (χ1n) is 9.73. The highest BCUT2D eigenvalue weighted by Crippen LogP contribution is 2.22. The van der Waals surface area contributed by atoms with Crippen LogP contribution in [0.5, 0.6) is 5.75 Å². The second-order valence-electron chi connectivity index (χ2n) is 6.74. The van der Waals surface area contributed by atoms with E-state index in [2.05, 4.69) is 26.0 Å². The smallest absolute Gasteiger partial charge is 0.242 e. The minimum atomic E-state index is -3.94. The average molecular weight is 503 g/mol. The van der Waals surface area contributed by atoms with Gasteiger partial charge in [-0.15, -0.1) is 0 Å². The second-order valence-corrected chi connectivity index (χ2v) is 9.31. The fraction of sp³-hybridized carbons (Fsp3) is 0.174. The number of para-hydroxylation sites is 1. The highest BCUT2D eigenvalue weighted by Gasteiger charge is 2.26. The summed E-state index contributed by atoms with van der Waals surface area (Å²) >= 11 is 3.39. The number of hydrogen-bond acceptors (Lipinski definition) is 4. The lowest BCUT2D eigenvalue weighted by atomic mass is 10.1. The van der Waals surface area contributed by atoms with Crippen molar-refractivity contribution in [3.8, 4) is 5.75 Å². The summed E-state index contributed by atoms with van der Waals surface area (Å²) in [5.74, 6) is 0.124. The van der Waals surface area contributed by atoms with E-state index in [1.54, 1.807) is 30.3 Å². The van der Waals surface area contributed by atoms with Crippen molar-refractivity contribution in [3.05, 3.63) is 88.9 Å². The third-order valence-corrected chi connectivity index (χ3v) is 6.65. The molecule has 0 saturated heterocycles. The number of hydrogen-bond donors (Lipinski definition) is 2. The molecule has 0 saturated carbocycles. The maximum Gasteiger partial charge on any atom is 0.242 e. The minimum absolute atomic E-state index is 0.0581. The van der Waals surface area contributed by atoms with Crippen LogP contribution < -0.4 is 14.8 Å². The first kappa shape index (κ1) is 23.0. The summed E-state index contributed by atoms with van der Waals surface area (Å²) < 4.78 is 34.6. The fourth-order valence-corrected chi connectivity index (χ4v) is 4.54. The minimum Gasteiger partial charge on any atom is -0.494 e. The van der Waals surface area contributed by atoms with E-state index in [1.807, 2.05) is 43.3 Å². The van der Waals surface area contributed by atoms with Crippen LogP contribution in [-0.4, -0.2) is 27.0 Å². The highest BCUT2D eigenvalue weighted by molar-refractivity contribution is 9.10. The zero-order valence-corrected chi connectivity index (χ0v) is 19.3. The number of halogens is 1. The second kappa shape index (κ2) is 10.6. The Morgan fingerprint density at radius 2 is 1.61 bits per heavy atom. The molecule has 8 heteroatoms. The van der Waals surface area contributed by atoms with E-state index < -0.39 is 22.0 Å². The zero-order valence-electron chi connectivity index (χ0n) is 16.9. The summed E-state index contributed by atoms with van der Waals surface area (Å²) in [7, 11) is -3.94. The number of sulfonamides is 1. The van der Waals surface area contributed by atoms with E-state index >= 15 is 0 Å². The molecule has 3 aromatic carbocycles. The Bertz CT molecular complexity index is 1120. The van der Waals surface area contributed by atoms with Crippen LogP contribution in [0.2, 0.25) is 0 Å². The van der Waals surface area contributed by atoms with Gasteiger partial charge in [-0.2, -0.15) is 4.72 Å². The van der Waals surface area contributed by atoms with E-state index in [4.69, 9.17) is 4.74 Å². The van der Waals surface area contributed by atoms with Gasteiger partial charge >= 0.3 is 0 Å². The molecule has 1 unspecified atom stereocenters. The van der Waals surface area contributed by atoms with Crippen molar-refractivity contribution in [1.82, 2.24) is 4.72 Å². The van der Waals surface area contributed by atoms with E-state index in [1.165, 1.54) is 12.1 Å². The molecule has 0 spiro atoms. The summed E-state index contributed by atoms with van der Waals surface area (Å²) in [6, 6.07) is 21.5. The molecule has 0 radical (unpaired) electrons. The summed E-state index contributed by atoms with van der Waals surface area (Å²) in [4.78, 5) is 13.1. The molecule has 3 rings (SSSR count). The van der Waals surface area contributed by atoms with Crippen LogP contribution in [-0.2, 0) is 21.2 Å². The Morgan fingerprint density at radius 3 is 2.26 bits per heavy atom. The molecule has 31 heavy (non-hydrogen) atoms. The summed E-state index contributed by atoms with van der Waals surface area (Å²) in [5, 5.41) is 2.80. The van der Waals surface area contributed by atoms with Crippen LogP contribution in [0.25, 0.3) is 0 Å². The number of nitrogens with one attached hydrogen (secondary N) is 2. The predicted octanol–water partition coefficient (Wildman–Crippen LogP) is 4.38. The van der Waals surface area contributed by atoms with Crippen LogP contribution in [0.4, 0.5) is 5.69 Å². The number of amides is 1. The van der Waals surface area contributed by atoms with E-state index in [0.29, 0.717) is 22.5 Å². The van der Waals surface area contributed by atoms with Gasteiger partial charge in [0.05, 0.1) is 17.2 Å². The Hall–Kier alpha value is -2.68. The third-order valence-electron chi connectivity index (χ3n) is 4.47. The first-order valence-corrected chi connectivity index (χ1v) is 12.0. The molecule has 162 valence electrons. The Kier molecular flexibility index (Phi) is 7.84. The molecule has 2 N–H and O–H groups in total. The topological polar surface area (TPSA) is 84.5 Å². The Labute approximate surface area is 190 Å². The maximum absolute atomic E-state index is 13.0. The molecule has 0 aromatic heterocycles. The van der Waals surface area contributed by atoms with Crippen molar-refractivity contribution in [1.29, 1.82) is 0 Å². The zero-order chi connectivity index (χ0) is 22.3. The number of rotatable bonds is 9. The van der Waals surface area contributed by atoms with E-state index in [-0.39, 0.29) is 11.3 Å². The van der Waals surface area contributed by atoms with Crippen molar-refractivity contribution >= 4 is 37.5 Å². The normalized spacial score (nSPS) is 12.2. The molecule has 1 amide bonds. The molecule has 0 heterocycles. The quantitative estimate of drug-likeness (QED) is 0.454. The van der Waals surface area contributed by atoms with Crippen LogP contribution >= 0.6 is 15.9 Å². The predicted molar refractivity (Wildman–Crippen MR) is 125 cm³/mol. The summed E-state index contributed by atoms with van der Waals surface area (Å²) in [5.41, 5.74) is 1.40. The van der Waals surface area contributed by atoms with Gasteiger partial charge in [-0.25, -0.2) is 8.42 Å². The van der Waals surface area contributed by atoms with Crippen LogP contribution in [0.15, 0.2) is 88.2 Å². The number of carbonyl (C=O) groups excluding carboxylic acids is 1. The number of ether oxygens (including phenoxy) is 1. The van der Waals surface area contributed by atoms with Gasteiger partial charge in [0, 0.05) is 4.47 Å². The van der Waals surface area contributed by atoms with Gasteiger partial charge < -0.3 is 10.1 Å². The Balaban J connectivity index is 1.84. The fourth-order valence-electron chi connectivity index (χ4n) is 2.96. The largest absolute Gasteiger partial charge is 0.494 e. The molecule has 3 aromatic rings. The molecular weight excluding hydrogens is 480 g/mol. The van der Waals surface area contributed by atoms with Crippen molar-refractivity contribution in [2.45, 2.75) is 24.3 Å². The molecule has 0 bridgehead atoms. The van der Waals surface area contributed by atoms with Gasteiger partial charge in [-0.3, -0.25) is 4.79 Å². The Morgan fingerprint density at radius 1 is 0.968 bits per heavy atom. The number of benzene rings is 3. The van der Waals surface area contributed by atoms with E-state index in [9.17, 15) is 13.2 Å². The van der Waals surface area contributed by atoms with Crippen molar-refractivity contribution in [2.24, 2.45) is 0 Å². The summed E-state index contributed by atoms with van der Waals surface area (Å²) in [6.45, 7) is 2.34. The molecule has 0 fully saturated rings. The van der Waals surface area contributed by atoms with Gasteiger partial charge in [0.2, 0.25) is 15.9 Å². The molecule has 0 aliphatic rings. The molecule has 0 aliphatic carbocycles. The van der Waals surface area contributed by atoms with Gasteiger partial charge in [0.1, 0.15) is 11.8 Å². The molecule has 6 nitrogen and oxygen atoms in total. The lowest BCUT2D eigenvalue weighted by Gasteiger charge is -2.19. The molecular formula is C23H23BrN2O4S. The SMILES string of the molecule is CCOc1ccc(S(=O)(=O)NC(Cc2ccccc2)C(=O)Nc2ccccc2Br)cc1. The van der Waals surface area contributed by atoms with Crippen LogP contribution in [0.1, 0.15) is 12.5 Å². The lowest BCUT2D eigenvalue weighted by molar-refractivity contribution is -0.117. The van der Waals surface area contributed by atoms with Crippen molar-refractivity contribution in [2.75, 3.05) is 11.9 Å². The number of carbonyl (C=O) groups is 1. The standard InChI is InChI=1S/C23H23BrN2O4S/c1-2-30-18-12-14-19(15-13-18)31(28,29)26-22(16-17-8-4-3-5-9-17)23(27)25-21-11-7-6-10-20(21)24/h3-15,22,26H,2,16H2,1H3,(H,25,27). The highest BCUT2D eigenvalue weighted by atomic mass is 79.9. The first-order chi connectivity index (χ1) is 14.9. The van der Waals surface area contributed by atoms with Gasteiger partial charge in [-0.1, -0.05) is 42.5 Å². The molecule has 1 atom stereocenters. The average Bonchev–Trinajstić information content (AvgIpc) is 2.76. The van der Waals surface area contributed by atoms with Crippen molar-refractivity contribution in [3.63, 3.8) is 0 Å². The summed E-state index contributed by atoms with van der Waals surface area (Å²) in [6.07, 6.45) is 0.202. The van der Waals surface area contributed by atoms with Gasteiger partial charge in [0.25, 0.3) is 0 Å². The lowest BCUT2D eigenvalue weighted by Crippen LogP contribution is -2.45. The van der Waals surface area contributed by atoms with Gasteiger partial charge in [-0.05, 0) is 71.2 Å². The maximum atomic E-state index is 13.0. The third kappa shape index (κ3) is 6.40.